The zero-order valence-corrected chi connectivity index (χ0v) is 14.4. The molecule has 3 aromatic rings. The fourth-order valence-corrected chi connectivity index (χ4v) is 3.04. The SMILES string of the molecule is COc1ccccc1-c1nnc(NC(=O)c2c(C(F)(F)F)cnn2C)s1. The summed E-state index contributed by atoms with van der Waals surface area (Å²) < 4.78 is 45.1. The standard InChI is InChI=1S/C15H12F3N5O2S/c1-23-11(9(7-19-23)15(16,17)18)12(24)20-14-22-21-13(26-14)8-5-3-4-6-10(8)25-2/h3-7H,1-2H3,(H,20,22,24). The van der Waals surface area contributed by atoms with Gasteiger partial charge in [-0.1, -0.05) is 23.5 Å². The molecule has 11 heteroatoms. The third-order valence-corrected chi connectivity index (χ3v) is 4.31. The largest absolute Gasteiger partial charge is 0.496 e. The summed E-state index contributed by atoms with van der Waals surface area (Å²) in [6.45, 7) is 0. The highest BCUT2D eigenvalue weighted by atomic mass is 32.1. The first-order valence-electron chi connectivity index (χ1n) is 7.18. The molecule has 0 aliphatic carbocycles. The molecule has 0 radical (unpaired) electrons. The molecule has 0 aliphatic rings. The van der Waals surface area contributed by atoms with E-state index in [1.165, 1.54) is 14.2 Å². The number of anilines is 1. The van der Waals surface area contributed by atoms with Crippen molar-refractivity contribution in [3.8, 4) is 16.3 Å². The number of alkyl halides is 3. The number of hydrogen-bond acceptors (Lipinski definition) is 6. The van der Waals surface area contributed by atoms with Gasteiger partial charge in [0.1, 0.15) is 17.0 Å². The summed E-state index contributed by atoms with van der Waals surface area (Å²) in [5, 5.41) is 14.1. The number of amides is 1. The number of aryl methyl sites for hydroxylation is 1. The van der Waals surface area contributed by atoms with Crippen LogP contribution in [0, 0.1) is 0 Å². The van der Waals surface area contributed by atoms with Gasteiger partial charge in [-0.15, -0.1) is 10.2 Å². The van der Waals surface area contributed by atoms with E-state index in [1.54, 1.807) is 24.3 Å². The minimum atomic E-state index is -4.69. The van der Waals surface area contributed by atoms with Gasteiger partial charge in [-0.3, -0.25) is 14.8 Å². The zero-order chi connectivity index (χ0) is 18.9. The molecule has 2 heterocycles. The van der Waals surface area contributed by atoms with Crippen LogP contribution in [0.4, 0.5) is 18.3 Å². The van der Waals surface area contributed by atoms with Gasteiger partial charge in [0.25, 0.3) is 5.91 Å². The number of ether oxygens (including phenoxy) is 1. The highest BCUT2D eigenvalue weighted by Crippen LogP contribution is 2.34. The zero-order valence-electron chi connectivity index (χ0n) is 13.5. The van der Waals surface area contributed by atoms with Crippen molar-refractivity contribution in [3.05, 3.63) is 41.7 Å². The highest BCUT2D eigenvalue weighted by molar-refractivity contribution is 7.18. The van der Waals surface area contributed by atoms with E-state index in [2.05, 4.69) is 20.6 Å². The fraction of sp³-hybridized carbons (Fsp3) is 0.200. The van der Waals surface area contributed by atoms with Gasteiger partial charge in [-0.25, -0.2) is 0 Å². The van der Waals surface area contributed by atoms with Crippen LogP contribution in [0.5, 0.6) is 5.75 Å². The van der Waals surface area contributed by atoms with Gasteiger partial charge >= 0.3 is 6.18 Å². The lowest BCUT2D eigenvalue weighted by molar-refractivity contribution is -0.138. The second-order valence-corrected chi connectivity index (χ2v) is 6.07. The first-order chi connectivity index (χ1) is 12.3. The summed E-state index contributed by atoms with van der Waals surface area (Å²) in [7, 11) is 2.76. The Labute approximate surface area is 149 Å². The van der Waals surface area contributed by atoms with Crippen molar-refractivity contribution in [1.82, 2.24) is 20.0 Å². The second-order valence-electron chi connectivity index (χ2n) is 5.09. The lowest BCUT2D eigenvalue weighted by atomic mass is 10.2. The van der Waals surface area contributed by atoms with Crippen LogP contribution in [-0.2, 0) is 13.2 Å². The number of hydrogen-bond donors (Lipinski definition) is 1. The molecular weight excluding hydrogens is 371 g/mol. The Kier molecular flexibility index (Phi) is 4.64. The van der Waals surface area contributed by atoms with Crippen LogP contribution in [0.25, 0.3) is 10.6 Å². The Morgan fingerprint density at radius 1 is 1.27 bits per heavy atom. The lowest BCUT2D eigenvalue weighted by Crippen LogP contribution is -2.20. The summed E-state index contributed by atoms with van der Waals surface area (Å²) in [5.74, 6) is -0.410. The van der Waals surface area contributed by atoms with Crippen molar-refractivity contribution in [2.75, 3.05) is 12.4 Å². The first kappa shape index (κ1) is 17.9. The predicted octanol–water partition coefficient (Wildman–Crippen LogP) is 3.22. The van der Waals surface area contributed by atoms with Gasteiger partial charge in [-0.2, -0.15) is 18.3 Å². The van der Waals surface area contributed by atoms with E-state index in [9.17, 15) is 18.0 Å². The van der Waals surface area contributed by atoms with Crippen molar-refractivity contribution >= 4 is 22.4 Å². The number of carbonyl (C=O) groups is 1. The molecule has 1 aromatic carbocycles. The Hall–Kier alpha value is -2.95. The Morgan fingerprint density at radius 2 is 2.00 bits per heavy atom. The number of nitrogens with zero attached hydrogens (tertiary/aromatic N) is 4. The van der Waals surface area contributed by atoms with E-state index in [1.807, 2.05) is 0 Å². The highest BCUT2D eigenvalue weighted by Gasteiger charge is 2.38. The molecule has 2 aromatic heterocycles. The van der Waals surface area contributed by atoms with Gasteiger partial charge < -0.3 is 4.74 Å². The molecule has 0 saturated carbocycles. The smallest absolute Gasteiger partial charge is 0.420 e. The van der Waals surface area contributed by atoms with Crippen molar-refractivity contribution in [2.45, 2.75) is 6.18 Å². The maximum Gasteiger partial charge on any atom is 0.420 e. The number of para-hydroxylation sites is 1. The number of carbonyl (C=O) groups excluding carboxylic acids is 1. The Morgan fingerprint density at radius 3 is 2.69 bits per heavy atom. The normalized spacial score (nSPS) is 11.4. The predicted molar refractivity (Wildman–Crippen MR) is 88.1 cm³/mol. The molecule has 0 unspecified atom stereocenters. The molecule has 26 heavy (non-hydrogen) atoms. The molecule has 1 amide bonds. The second kappa shape index (κ2) is 6.75. The number of nitrogens with one attached hydrogen (secondary N) is 1. The van der Waals surface area contributed by atoms with E-state index in [0.717, 1.165) is 16.0 Å². The molecule has 1 N–H and O–H groups in total. The van der Waals surface area contributed by atoms with Crippen molar-refractivity contribution in [3.63, 3.8) is 0 Å². The van der Waals surface area contributed by atoms with Crippen molar-refractivity contribution < 1.29 is 22.7 Å². The van der Waals surface area contributed by atoms with E-state index in [-0.39, 0.29) is 5.13 Å². The van der Waals surface area contributed by atoms with Crippen LogP contribution in [0.3, 0.4) is 0 Å². The summed E-state index contributed by atoms with van der Waals surface area (Å²) in [6, 6.07) is 7.06. The van der Waals surface area contributed by atoms with Gasteiger partial charge in [-0.05, 0) is 12.1 Å². The Balaban J connectivity index is 1.87. The Bertz CT molecular complexity index is 951. The number of benzene rings is 1. The topological polar surface area (TPSA) is 81.9 Å². The minimum Gasteiger partial charge on any atom is -0.496 e. The van der Waals surface area contributed by atoms with E-state index < -0.39 is 23.3 Å². The van der Waals surface area contributed by atoms with Crippen LogP contribution < -0.4 is 10.1 Å². The summed E-state index contributed by atoms with van der Waals surface area (Å²) in [6.07, 6.45) is -4.08. The van der Waals surface area contributed by atoms with Crippen LogP contribution in [0.1, 0.15) is 16.1 Å². The monoisotopic (exact) mass is 383 g/mol. The number of aromatic nitrogens is 4. The number of halogens is 3. The van der Waals surface area contributed by atoms with Crippen LogP contribution in [0.2, 0.25) is 0 Å². The molecule has 0 spiro atoms. The van der Waals surface area contributed by atoms with Crippen LogP contribution >= 0.6 is 11.3 Å². The van der Waals surface area contributed by atoms with Crippen molar-refractivity contribution in [2.24, 2.45) is 7.05 Å². The summed E-state index contributed by atoms with van der Waals surface area (Å²) in [5.41, 5.74) is -1.07. The molecular formula is C15H12F3N5O2S. The lowest BCUT2D eigenvalue weighted by Gasteiger charge is -2.08. The van der Waals surface area contributed by atoms with E-state index in [0.29, 0.717) is 22.5 Å². The number of methoxy groups -OCH3 is 1. The van der Waals surface area contributed by atoms with Gasteiger partial charge in [0.15, 0.2) is 5.01 Å². The molecule has 136 valence electrons. The minimum absolute atomic E-state index is 0.0604. The van der Waals surface area contributed by atoms with Crippen LogP contribution in [0.15, 0.2) is 30.5 Å². The van der Waals surface area contributed by atoms with Gasteiger partial charge in [0.2, 0.25) is 5.13 Å². The summed E-state index contributed by atoms with van der Waals surface area (Å²) >= 11 is 1.02. The van der Waals surface area contributed by atoms with Gasteiger partial charge in [0, 0.05) is 7.05 Å². The molecule has 0 fully saturated rings. The number of rotatable bonds is 4. The maximum absolute atomic E-state index is 13.0. The summed E-state index contributed by atoms with van der Waals surface area (Å²) in [4.78, 5) is 12.3. The van der Waals surface area contributed by atoms with Gasteiger partial charge in [0.05, 0.1) is 18.9 Å². The molecule has 0 bridgehead atoms. The fourth-order valence-electron chi connectivity index (χ4n) is 2.27. The van der Waals surface area contributed by atoms with E-state index >= 15 is 0 Å². The quantitative estimate of drug-likeness (QED) is 0.748. The average Bonchev–Trinajstić information content (AvgIpc) is 3.21. The first-order valence-corrected chi connectivity index (χ1v) is 8.00. The molecule has 7 nitrogen and oxygen atoms in total. The molecule has 0 atom stereocenters. The van der Waals surface area contributed by atoms with E-state index in [4.69, 9.17) is 4.74 Å². The van der Waals surface area contributed by atoms with Crippen molar-refractivity contribution in [1.29, 1.82) is 0 Å². The third kappa shape index (κ3) is 3.38. The molecule has 3 rings (SSSR count). The average molecular weight is 383 g/mol. The molecule has 0 aliphatic heterocycles. The van der Waals surface area contributed by atoms with Crippen LogP contribution in [-0.4, -0.2) is 33.0 Å². The maximum atomic E-state index is 13.0. The third-order valence-electron chi connectivity index (χ3n) is 3.44. The molecule has 0 saturated heterocycles.